The Morgan fingerprint density at radius 1 is 1.16 bits per heavy atom. The van der Waals surface area contributed by atoms with Crippen LogP contribution in [0.25, 0.3) is 0 Å². The lowest BCUT2D eigenvalue weighted by Crippen LogP contribution is -2.46. The highest BCUT2D eigenvalue weighted by molar-refractivity contribution is 7.14. The van der Waals surface area contributed by atoms with Gasteiger partial charge in [-0.3, -0.25) is 9.59 Å². The van der Waals surface area contributed by atoms with Crippen LogP contribution in [0.5, 0.6) is 0 Å². The monoisotopic (exact) mass is 400 g/mol. The van der Waals surface area contributed by atoms with Gasteiger partial charge in [0.2, 0.25) is 5.91 Å². The average Bonchev–Trinajstić information content (AvgIpc) is 3.00. The molecule has 9 heteroatoms. The van der Waals surface area contributed by atoms with Crippen molar-refractivity contribution >= 4 is 57.2 Å². The first kappa shape index (κ1) is 19.5. The first-order chi connectivity index (χ1) is 11.8. The molecule has 0 saturated heterocycles. The van der Waals surface area contributed by atoms with E-state index in [2.05, 4.69) is 20.9 Å². The summed E-state index contributed by atoms with van der Waals surface area (Å²) in [5, 5.41) is 11.3. The average molecular weight is 401 g/mol. The molecule has 1 aromatic heterocycles. The van der Waals surface area contributed by atoms with E-state index in [-0.39, 0.29) is 17.6 Å². The highest BCUT2D eigenvalue weighted by Crippen LogP contribution is 2.32. The highest BCUT2D eigenvalue weighted by Gasteiger charge is 2.19. The molecule has 3 N–H and O–H groups in total. The van der Waals surface area contributed by atoms with E-state index in [9.17, 15) is 9.59 Å². The predicted octanol–water partition coefficient (Wildman–Crippen LogP) is 3.84. The second-order valence-electron chi connectivity index (χ2n) is 5.62. The van der Waals surface area contributed by atoms with E-state index < -0.39 is 11.9 Å². The van der Waals surface area contributed by atoms with Gasteiger partial charge in [-0.1, -0.05) is 29.3 Å². The number of amides is 2. The molecule has 0 aliphatic rings. The summed E-state index contributed by atoms with van der Waals surface area (Å²) in [6.07, 6.45) is 0. The van der Waals surface area contributed by atoms with Gasteiger partial charge in [0.05, 0.1) is 15.7 Å². The quantitative estimate of drug-likeness (QED) is 0.687. The van der Waals surface area contributed by atoms with E-state index in [0.717, 1.165) is 0 Å². The normalized spacial score (nSPS) is 11.9. The van der Waals surface area contributed by atoms with Crippen LogP contribution in [0, 0.1) is 0 Å². The molecule has 1 unspecified atom stereocenters. The van der Waals surface area contributed by atoms with E-state index in [1.807, 2.05) is 13.8 Å². The van der Waals surface area contributed by atoms with Gasteiger partial charge in [0.25, 0.3) is 5.91 Å². The molecule has 2 rings (SSSR count). The maximum atomic E-state index is 12.2. The molecule has 2 amide bonds. The number of nitrogens with zero attached hydrogens (tertiary/aromatic N) is 1. The first-order valence-corrected chi connectivity index (χ1v) is 9.19. The Morgan fingerprint density at radius 2 is 1.88 bits per heavy atom. The second-order valence-corrected chi connectivity index (χ2v) is 7.27. The van der Waals surface area contributed by atoms with Gasteiger partial charge in [-0.05, 0) is 32.9 Å². The zero-order valence-corrected chi connectivity index (χ0v) is 16.2. The van der Waals surface area contributed by atoms with E-state index in [1.165, 1.54) is 11.3 Å². The summed E-state index contributed by atoms with van der Waals surface area (Å²) in [6, 6.07) is 4.54. The molecule has 0 spiro atoms. The molecular weight excluding hydrogens is 383 g/mol. The number of nitrogens with one attached hydrogen (secondary N) is 3. The Kier molecular flexibility index (Phi) is 6.64. The molecule has 134 valence electrons. The van der Waals surface area contributed by atoms with E-state index in [4.69, 9.17) is 23.2 Å². The summed E-state index contributed by atoms with van der Waals surface area (Å²) in [4.78, 5) is 28.3. The van der Waals surface area contributed by atoms with Crippen molar-refractivity contribution in [2.24, 2.45) is 0 Å². The minimum Gasteiger partial charge on any atom is -0.352 e. The van der Waals surface area contributed by atoms with Crippen LogP contribution in [-0.2, 0) is 4.79 Å². The smallest absolute Gasteiger partial charge is 0.271 e. The number of hydrogen-bond donors (Lipinski definition) is 3. The number of carbonyl (C=O) groups excluding carboxylic acids is 2. The van der Waals surface area contributed by atoms with Crippen molar-refractivity contribution in [2.75, 3.05) is 5.32 Å². The topological polar surface area (TPSA) is 83.1 Å². The number of thiazole rings is 1. The molecule has 0 radical (unpaired) electrons. The number of rotatable bonds is 6. The summed E-state index contributed by atoms with van der Waals surface area (Å²) >= 11 is 13.3. The molecule has 25 heavy (non-hydrogen) atoms. The van der Waals surface area contributed by atoms with Crippen LogP contribution in [0.3, 0.4) is 0 Å². The van der Waals surface area contributed by atoms with E-state index >= 15 is 0 Å². The third-order valence-electron chi connectivity index (χ3n) is 3.10. The van der Waals surface area contributed by atoms with Crippen molar-refractivity contribution in [3.8, 4) is 0 Å². The van der Waals surface area contributed by atoms with Crippen molar-refractivity contribution in [1.29, 1.82) is 0 Å². The van der Waals surface area contributed by atoms with Gasteiger partial charge < -0.3 is 16.0 Å². The van der Waals surface area contributed by atoms with Crippen molar-refractivity contribution in [2.45, 2.75) is 32.9 Å². The number of halogens is 2. The summed E-state index contributed by atoms with van der Waals surface area (Å²) in [6.45, 7) is 5.32. The van der Waals surface area contributed by atoms with Gasteiger partial charge in [-0.15, -0.1) is 11.3 Å². The minimum atomic E-state index is -0.657. The third-order valence-corrected chi connectivity index (χ3v) is 4.68. The van der Waals surface area contributed by atoms with Crippen molar-refractivity contribution in [1.82, 2.24) is 15.6 Å². The Balaban J connectivity index is 2.01. The maximum Gasteiger partial charge on any atom is 0.271 e. The Morgan fingerprint density at radius 3 is 2.56 bits per heavy atom. The zero-order chi connectivity index (χ0) is 18.6. The van der Waals surface area contributed by atoms with Crippen LogP contribution in [-0.4, -0.2) is 28.9 Å². The van der Waals surface area contributed by atoms with Crippen LogP contribution in [0.2, 0.25) is 10.0 Å². The number of benzene rings is 1. The SMILES string of the molecule is CC(C)NC(=O)C(C)NC(=O)c1csc(Nc2cccc(Cl)c2Cl)n1. The molecule has 0 fully saturated rings. The molecule has 0 saturated carbocycles. The summed E-state index contributed by atoms with van der Waals surface area (Å²) < 4.78 is 0. The zero-order valence-electron chi connectivity index (χ0n) is 13.9. The summed E-state index contributed by atoms with van der Waals surface area (Å²) in [5.41, 5.74) is 0.815. The molecule has 0 bridgehead atoms. The van der Waals surface area contributed by atoms with Crippen LogP contribution < -0.4 is 16.0 Å². The lowest BCUT2D eigenvalue weighted by atomic mass is 10.2. The fraction of sp³-hybridized carbons (Fsp3) is 0.312. The fourth-order valence-electron chi connectivity index (χ4n) is 1.90. The summed E-state index contributed by atoms with van der Waals surface area (Å²) in [7, 11) is 0. The number of carbonyl (C=O) groups is 2. The van der Waals surface area contributed by atoms with E-state index in [0.29, 0.717) is 20.9 Å². The van der Waals surface area contributed by atoms with Crippen molar-refractivity contribution in [3.63, 3.8) is 0 Å². The van der Waals surface area contributed by atoms with Crippen molar-refractivity contribution < 1.29 is 9.59 Å². The standard InChI is InChI=1S/C16H18Cl2N4O2S/c1-8(2)19-14(23)9(3)20-15(24)12-7-25-16(22-12)21-11-6-4-5-10(17)13(11)18/h4-9H,1-3H3,(H,19,23)(H,20,24)(H,21,22). The molecule has 0 aliphatic carbocycles. The Labute approximate surface area is 159 Å². The predicted molar refractivity (Wildman–Crippen MR) is 102 cm³/mol. The lowest BCUT2D eigenvalue weighted by Gasteiger charge is -2.15. The van der Waals surface area contributed by atoms with Crippen LogP contribution in [0.4, 0.5) is 10.8 Å². The first-order valence-electron chi connectivity index (χ1n) is 7.55. The van der Waals surface area contributed by atoms with Gasteiger partial charge in [0.15, 0.2) is 5.13 Å². The molecular formula is C16H18Cl2N4O2S. The molecule has 0 aliphatic heterocycles. The van der Waals surface area contributed by atoms with Gasteiger partial charge in [-0.25, -0.2) is 4.98 Å². The van der Waals surface area contributed by atoms with Gasteiger partial charge in [-0.2, -0.15) is 0 Å². The van der Waals surface area contributed by atoms with Crippen molar-refractivity contribution in [3.05, 3.63) is 39.3 Å². The lowest BCUT2D eigenvalue weighted by molar-refractivity contribution is -0.123. The second kappa shape index (κ2) is 8.51. The highest BCUT2D eigenvalue weighted by atomic mass is 35.5. The van der Waals surface area contributed by atoms with Crippen LogP contribution in [0.15, 0.2) is 23.6 Å². The largest absolute Gasteiger partial charge is 0.352 e. The summed E-state index contributed by atoms with van der Waals surface area (Å²) in [5.74, 6) is -0.671. The Bertz CT molecular complexity index is 779. The molecule has 1 aromatic carbocycles. The third kappa shape index (κ3) is 5.32. The molecule has 2 aromatic rings. The maximum absolute atomic E-state index is 12.2. The molecule has 6 nitrogen and oxygen atoms in total. The Hall–Kier alpha value is -1.83. The number of aromatic nitrogens is 1. The van der Waals surface area contributed by atoms with Gasteiger partial charge in [0, 0.05) is 11.4 Å². The minimum absolute atomic E-state index is 0.00405. The number of anilines is 2. The van der Waals surface area contributed by atoms with E-state index in [1.54, 1.807) is 30.5 Å². The molecule has 1 atom stereocenters. The van der Waals surface area contributed by atoms with Crippen LogP contribution >= 0.6 is 34.5 Å². The number of hydrogen-bond acceptors (Lipinski definition) is 5. The van der Waals surface area contributed by atoms with Gasteiger partial charge in [0.1, 0.15) is 11.7 Å². The van der Waals surface area contributed by atoms with Crippen LogP contribution in [0.1, 0.15) is 31.3 Å². The fourth-order valence-corrected chi connectivity index (χ4v) is 2.95. The van der Waals surface area contributed by atoms with Gasteiger partial charge >= 0.3 is 0 Å². The molecule has 1 heterocycles.